The fourth-order valence-corrected chi connectivity index (χ4v) is 3.31. The van der Waals surface area contributed by atoms with Crippen LogP contribution in [0.1, 0.15) is 34.8 Å². The lowest BCUT2D eigenvalue weighted by Gasteiger charge is -2.16. The highest BCUT2D eigenvalue weighted by molar-refractivity contribution is 7.89. The summed E-state index contributed by atoms with van der Waals surface area (Å²) < 4.78 is 26.0. The quantitative estimate of drug-likeness (QED) is 0.676. The maximum atomic E-state index is 12.4. The Morgan fingerprint density at radius 2 is 1.75 bits per heavy atom. The molecule has 1 aromatic carbocycles. The van der Waals surface area contributed by atoms with Gasteiger partial charge in [-0.05, 0) is 50.1 Å². The summed E-state index contributed by atoms with van der Waals surface area (Å²) in [5, 5.41) is 6.00. The second-order valence-electron chi connectivity index (χ2n) is 5.71. The standard InChI is InChI=1S/C16H27N3O3S.ClH/c1-6-7-17-8-9-18-16(20)14-10-12(2)13(3)15(11-14)23(21,22)19(4)5;/h10-11,17H,6-9H2,1-5H3,(H,18,20);1H. The molecule has 0 fully saturated rings. The van der Waals surface area contributed by atoms with E-state index in [-0.39, 0.29) is 23.2 Å². The topological polar surface area (TPSA) is 78.5 Å². The van der Waals surface area contributed by atoms with Gasteiger partial charge in [0.1, 0.15) is 0 Å². The van der Waals surface area contributed by atoms with Gasteiger partial charge >= 0.3 is 0 Å². The second kappa shape index (κ2) is 9.98. The van der Waals surface area contributed by atoms with Crippen molar-refractivity contribution in [2.24, 2.45) is 0 Å². The molecule has 0 radical (unpaired) electrons. The third kappa shape index (κ3) is 5.73. The third-order valence-corrected chi connectivity index (χ3v) is 5.60. The molecule has 138 valence electrons. The first-order valence-electron chi connectivity index (χ1n) is 7.74. The van der Waals surface area contributed by atoms with Crippen molar-refractivity contribution in [2.75, 3.05) is 33.7 Å². The molecule has 0 bridgehead atoms. The number of rotatable bonds is 8. The van der Waals surface area contributed by atoms with Crippen LogP contribution in [-0.2, 0) is 10.0 Å². The molecule has 0 aromatic heterocycles. The van der Waals surface area contributed by atoms with Crippen LogP contribution in [-0.4, -0.2) is 52.4 Å². The summed E-state index contributed by atoms with van der Waals surface area (Å²) in [6.07, 6.45) is 1.04. The van der Waals surface area contributed by atoms with Crippen LogP contribution in [0.25, 0.3) is 0 Å². The minimum atomic E-state index is -3.58. The largest absolute Gasteiger partial charge is 0.351 e. The maximum Gasteiger partial charge on any atom is 0.251 e. The van der Waals surface area contributed by atoms with Crippen LogP contribution in [0.2, 0.25) is 0 Å². The first kappa shape index (κ1) is 22.9. The van der Waals surface area contributed by atoms with Gasteiger partial charge in [-0.2, -0.15) is 0 Å². The Kier molecular flexibility index (Phi) is 9.50. The summed E-state index contributed by atoms with van der Waals surface area (Å²) in [6, 6.07) is 3.17. The monoisotopic (exact) mass is 377 g/mol. The highest BCUT2D eigenvalue weighted by atomic mass is 35.5. The van der Waals surface area contributed by atoms with Gasteiger partial charge in [0, 0.05) is 32.7 Å². The second-order valence-corrected chi connectivity index (χ2v) is 7.83. The van der Waals surface area contributed by atoms with Gasteiger partial charge in [-0.15, -0.1) is 12.4 Å². The number of halogens is 1. The first-order chi connectivity index (χ1) is 10.7. The molecular formula is C16H28ClN3O3S. The molecule has 8 heteroatoms. The van der Waals surface area contributed by atoms with Crippen molar-refractivity contribution in [1.29, 1.82) is 0 Å². The van der Waals surface area contributed by atoms with Gasteiger partial charge in [-0.1, -0.05) is 6.92 Å². The van der Waals surface area contributed by atoms with Gasteiger partial charge in [0.05, 0.1) is 4.90 Å². The molecule has 0 spiro atoms. The summed E-state index contributed by atoms with van der Waals surface area (Å²) in [7, 11) is -0.613. The van der Waals surface area contributed by atoms with E-state index in [1.54, 1.807) is 13.0 Å². The van der Waals surface area contributed by atoms with E-state index in [0.717, 1.165) is 22.8 Å². The van der Waals surface area contributed by atoms with Crippen LogP contribution in [0.4, 0.5) is 0 Å². The van der Waals surface area contributed by atoms with Gasteiger partial charge in [-0.25, -0.2) is 12.7 Å². The van der Waals surface area contributed by atoms with E-state index in [1.807, 2.05) is 6.92 Å². The number of nitrogens with zero attached hydrogens (tertiary/aromatic N) is 1. The molecule has 1 rings (SSSR count). The predicted molar refractivity (Wildman–Crippen MR) is 99.5 cm³/mol. The van der Waals surface area contributed by atoms with E-state index in [9.17, 15) is 13.2 Å². The van der Waals surface area contributed by atoms with E-state index in [4.69, 9.17) is 0 Å². The zero-order valence-corrected chi connectivity index (χ0v) is 16.6. The number of carbonyl (C=O) groups is 1. The Morgan fingerprint density at radius 3 is 2.29 bits per heavy atom. The van der Waals surface area contributed by atoms with Gasteiger partial charge in [-0.3, -0.25) is 4.79 Å². The van der Waals surface area contributed by atoms with E-state index in [2.05, 4.69) is 17.6 Å². The fraction of sp³-hybridized carbons (Fsp3) is 0.562. The number of hydrogen-bond donors (Lipinski definition) is 2. The van der Waals surface area contributed by atoms with Crippen LogP contribution in [0.3, 0.4) is 0 Å². The van der Waals surface area contributed by atoms with E-state index in [1.165, 1.54) is 20.2 Å². The molecule has 0 saturated heterocycles. The highest BCUT2D eigenvalue weighted by Crippen LogP contribution is 2.23. The van der Waals surface area contributed by atoms with Crippen molar-refractivity contribution >= 4 is 28.3 Å². The molecule has 0 atom stereocenters. The Morgan fingerprint density at radius 1 is 1.12 bits per heavy atom. The van der Waals surface area contributed by atoms with Gasteiger partial charge in [0.15, 0.2) is 0 Å². The number of amides is 1. The lowest BCUT2D eigenvalue weighted by Crippen LogP contribution is -2.32. The number of carbonyl (C=O) groups excluding carboxylic acids is 1. The Labute approximate surface area is 151 Å². The zero-order valence-electron chi connectivity index (χ0n) is 15.0. The lowest BCUT2D eigenvalue weighted by atomic mass is 10.1. The van der Waals surface area contributed by atoms with Crippen molar-refractivity contribution < 1.29 is 13.2 Å². The minimum Gasteiger partial charge on any atom is -0.351 e. The smallest absolute Gasteiger partial charge is 0.251 e. The zero-order chi connectivity index (χ0) is 17.6. The number of hydrogen-bond acceptors (Lipinski definition) is 4. The predicted octanol–water partition coefficient (Wildman–Crippen LogP) is 1.70. The lowest BCUT2D eigenvalue weighted by molar-refractivity contribution is 0.0953. The van der Waals surface area contributed by atoms with Crippen LogP contribution >= 0.6 is 12.4 Å². The molecule has 0 aliphatic heterocycles. The summed E-state index contributed by atoms with van der Waals surface area (Å²) in [6.45, 7) is 7.73. The van der Waals surface area contributed by atoms with Crippen LogP contribution < -0.4 is 10.6 Å². The molecule has 0 saturated carbocycles. The number of nitrogens with one attached hydrogen (secondary N) is 2. The molecule has 1 amide bonds. The third-order valence-electron chi connectivity index (χ3n) is 3.65. The molecule has 1 aromatic rings. The maximum absolute atomic E-state index is 12.4. The highest BCUT2D eigenvalue weighted by Gasteiger charge is 2.22. The van der Waals surface area contributed by atoms with Crippen molar-refractivity contribution in [3.63, 3.8) is 0 Å². The molecule has 6 nitrogen and oxygen atoms in total. The summed E-state index contributed by atoms with van der Waals surface area (Å²) in [5.41, 5.74) is 1.81. The summed E-state index contributed by atoms with van der Waals surface area (Å²) in [4.78, 5) is 12.4. The fourth-order valence-electron chi connectivity index (χ4n) is 2.09. The Balaban J connectivity index is 0.00000529. The average Bonchev–Trinajstić information content (AvgIpc) is 2.49. The van der Waals surface area contributed by atoms with E-state index in [0.29, 0.717) is 24.2 Å². The van der Waals surface area contributed by atoms with Gasteiger partial charge in [0.2, 0.25) is 10.0 Å². The molecule has 0 heterocycles. The molecule has 24 heavy (non-hydrogen) atoms. The van der Waals surface area contributed by atoms with Crippen LogP contribution in [0.5, 0.6) is 0 Å². The molecule has 0 unspecified atom stereocenters. The number of aryl methyl sites for hydroxylation is 1. The Hall–Kier alpha value is -1.15. The van der Waals surface area contributed by atoms with Crippen molar-refractivity contribution in [1.82, 2.24) is 14.9 Å². The number of benzene rings is 1. The van der Waals surface area contributed by atoms with E-state index >= 15 is 0 Å². The normalized spacial score (nSPS) is 11.2. The van der Waals surface area contributed by atoms with Gasteiger partial charge < -0.3 is 10.6 Å². The minimum absolute atomic E-state index is 0. The Bertz CT molecular complexity index is 661. The first-order valence-corrected chi connectivity index (χ1v) is 9.18. The van der Waals surface area contributed by atoms with Crippen LogP contribution in [0, 0.1) is 13.8 Å². The SMILES string of the molecule is CCCNCCNC(=O)c1cc(C)c(C)c(S(=O)(=O)N(C)C)c1.Cl. The number of sulfonamides is 1. The van der Waals surface area contributed by atoms with Crippen molar-refractivity contribution in [3.05, 3.63) is 28.8 Å². The van der Waals surface area contributed by atoms with Gasteiger partial charge in [0.25, 0.3) is 5.91 Å². The average molecular weight is 378 g/mol. The molecule has 0 aliphatic rings. The molecule has 2 N–H and O–H groups in total. The summed E-state index contributed by atoms with van der Waals surface area (Å²) >= 11 is 0. The summed E-state index contributed by atoms with van der Waals surface area (Å²) in [5.74, 6) is -0.262. The molecular weight excluding hydrogens is 350 g/mol. The van der Waals surface area contributed by atoms with Crippen molar-refractivity contribution in [2.45, 2.75) is 32.1 Å². The van der Waals surface area contributed by atoms with Crippen LogP contribution in [0.15, 0.2) is 17.0 Å². The van der Waals surface area contributed by atoms with Crippen molar-refractivity contribution in [3.8, 4) is 0 Å². The van der Waals surface area contributed by atoms with E-state index < -0.39 is 10.0 Å². The molecule has 0 aliphatic carbocycles.